The Hall–Kier alpha value is -1.34. The van der Waals surface area contributed by atoms with Gasteiger partial charge in [0, 0.05) is 38.5 Å². The lowest BCUT2D eigenvalue weighted by molar-refractivity contribution is -0.121. The van der Waals surface area contributed by atoms with Gasteiger partial charge in [0.1, 0.15) is 0 Å². The van der Waals surface area contributed by atoms with E-state index in [2.05, 4.69) is 15.6 Å². The second kappa shape index (κ2) is 9.08. The highest BCUT2D eigenvalue weighted by molar-refractivity contribution is 5.85. The molecule has 2 aromatic rings. The normalized spacial score (nSPS) is 19.9. The van der Waals surface area contributed by atoms with Gasteiger partial charge in [-0.05, 0) is 12.1 Å². The molecule has 1 aromatic heterocycles. The first-order valence-electron chi connectivity index (χ1n) is 7.29. The van der Waals surface area contributed by atoms with Crippen LogP contribution in [0.3, 0.4) is 0 Å². The Balaban J connectivity index is 0.00000132. The molecule has 0 spiro atoms. The Labute approximate surface area is 147 Å². The highest BCUT2D eigenvalue weighted by Gasteiger charge is 2.24. The minimum Gasteiger partial charge on any atom is -0.391 e. The number of amides is 1. The molecular weight excluding hydrogens is 339 g/mol. The smallest absolute Gasteiger partial charge is 0.221 e. The standard InChI is InChI=1S/C15H20N4O2.2ClH/c20-14-9-16-7-11(14)8-17-15(21)5-6-19-10-18-12-3-1-2-4-13(12)19;;/h1-4,10-11,14,16,20H,5-9H2,(H,17,21);2*1H. The van der Waals surface area contributed by atoms with Crippen molar-refractivity contribution in [3.05, 3.63) is 30.6 Å². The molecule has 0 aliphatic carbocycles. The third-order valence-corrected chi connectivity index (χ3v) is 3.97. The van der Waals surface area contributed by atoms with Crippen LogP contribution in [0.25, 0.3) is 11.0 Å². The van der Waals surface area contributed by atoms with Crippen molar-refractivity contribution in [2.45, 2.75) is 19.1 Å². The van der Waals surface area contributed by atoms with Crippen molar-refractivity contribution in [3.8, 4) is 0 Å². The Kier molecular flexibility index (Phi) is 7.78. The molecule has 128 valence electrons. The van der Waals surface area contributed by atoms with Gasteiger partial charge in [-0.2, -0.15) is 0 Å². The van der Waals surface area contributed by atoms with Gasteiger partial charge in [0.25, 0.3) is 0 Å². The number of carbonyl (C=O) groups is 1. The number of aliphatic hydroxyl groups excluding tert-OH is 1. The number of carbonyl (C=O) groups excluding carboxylic acids is 1. The summed E-state index contributed by atoms with van der Waals surface area (Å²) in [5.74, 6) is 0.120. The topological polar surface area (TPSA) is 79.2 Å². The van der Waals surface area contributed by atoms with Crippen molar-refractivity contribution >= 4 is 41.8 Å². The van der Waals surface area contributed by atoms with Crippen LogP contribution in [0.2, 0.25) is 0 Å². The van der Waals surface area contributed by atoms with Gasteiger partial charge in [-0.15, -0.1) is 24.8 Å². The van der Waals surface area contributed by atoms with Crippen LogP contribution in [0.15, 0.2) is 30.6 Å². The van der Waals surface area contributed by atoms with Crippen LogP contribution in [-0.4, -0.2) is 46.3 Å². The minimum atomic E-state index is -0.358. The van der Waals surface area contributed by atoms with E-state index in [1.54, 1.807) is 6.33 Å². The highest BCUT2D eigenvalue weighted by atomic mass is 35.5. The summed E-state index contributed by atoms with van der Waals surface area (Å²) >= 11 is 0. The summed E-state index contributed by atoms with van der Waals surface area (Å²) in [6.45, 7) is 2.50. The Morgan fingerprint density at radius 2 is 2.13 bits per heavy atom. The maximum Gasteiger partial charge on any atom is 0.221 e. The quantitative estimate of drug-likeness (QED) is 0.742. The first-order chi connectivity index (χ1) is 10.2. The van der Waals surface area contributed by atoms with Gasteiger partial charge >= 0.3 is 0 Å². The van der Waals surface area contributed by atoms with E-state index in [1.807, 2.05) is 28.8 Å². The molecular formula is C15H22Cl2N4O2. The summed E-state index contributed by atoms with van der Waals surface area (Å²) in [5, 5.41) is 15.7. The summed E-state index contributed by atoms with van der Waals surface area (Å²) in [5.41, 5.74) is 1.98. The van der Waals surface area contributed by atoms with Crippen molar-refractivity contribution in [2.24, 2.45) is 5.92 Å². The zero-order valence-electron chi connectivity index (χ0n) is 12.6. The second-order valence-corrected chi connectivity index (χ2v) is 5.47. The molecule has 1 amide bonds. The number of hydrogen-bond acceptors (Lipinski definition) is 4. The molecule has 3 N–H and O–H groups in total. The van der Waals surface area contributed by atoms with Gasteiger partial charge in [-0.1, -0.05) is 12.1 Å². The number of imidazole rings is 1. The van der Waals surface area contributed by atoms with E-state index in [0.717, 1.165) is 17.6 Å². The van der Waals surface area contributed by atoms with Crippen molar-refractivity contribution in [3.63, 3.8) is 0 Å². The van der Waals surface area contributed by atoms with Crippen LogP contribution in [-0.2, 0) is 11.3 Å². The molecule has 1 aliphatic heterocycles. The monoisotopic (exact) mass is 360 g/mol. The zero-order valence-corrected chi connectivity index (χ0v) is 14.3. The zero-order chi connectivity index (χ0) is 14.7. The minimum absolute atomic E-state index is 0. The number of rotatable bonds is 5. The maximum absolute atomic E-state index is 11.9. The first kappa shape index (κ1) is 19.7. The number of benzene rings is 1. The highest BCUT2D eigenvalue weighted by Crippen LogP contribution is 2.12. The van der Waals surface area contributed by atoms with Gasteiger partial charge < -0.3 is 20.3 Å². The lowest BCUT2D eigenvalue weighted by Gasteiger charge is -2.14. The van der Waals surface area contributed by atoms with Crippen LogP contribution in [0.4, 0.5) is 0 Å². The molecule has 8 heteroatoms. The number of fused-ring (bicyclic) bond motifs is 1. The number of aliphatic hydroxyl groups is 1. The predicted molar refractivity (Wildman–Crippen MR) is 94.2 cm³/mol. The van der Waals surface area contributed by atoms with Crippen LogP contribution < -0.4 is 10.6 Å². The number of para-hydroxylation sites is 2. The summed E-state index contributed by atoms with van der Waals surface area (Å²) in [6.07, 6.45) is 1.82. The number of nitrogens with one attached hydrogen (secondary N) is 2. The predicted octanol–water partition coefficient (Wildman–Crippen LogP) is 0.966. The average molecular weight is 361 g/mol. The van der Waals surface area contributed by atoms with Crippen molar-refractivity contribution in [1.82, 2.24) is 20.2 Å². The molecule has 0 radical (unpaired) electrons. The number of halogens is 2. The van der Waals surface area contributed by atoms with E-state index >= 15 is 0 Å². The van der Waals surface area contributed by atoms with Crippen molar-refractivity contribution < 1.29 is 9.90 Å². The molecule has 1 aliphatic rings. The molecule has 1 saturated heterocycles. The molecule has 2 atom stereocenters. The SMILES string of the molecule is Cl.Cl.O=C(CCn1cnc2ccccc21)NCC1CNCC1O. The number of aryl methyl sites for hydroxylation is 1. The van der Waals surface area contributed by atoms with Crippen LogP contribution in [0.1, 0.15) is 6.42 Å². The van der Waals surface area contributed by atoms with Crippen LogP contribution in [0, 0.1) is 5.92 Å². The maximum atomic E-state index is 11.9. The summed E-state index contributed by atoms with van der Waals surface area (Å²) in [6, 6.07) is 7.88. The third kappa shape index (κ3) is 4.81. The molecule has 1 fully saturated rings. The summed E-state index contributed by atoms with van der Waals surface area (Å²) < 4.78 is 1.99. The molecule has 3 rings (SSSR count). The lowest BCUT2D eigenvalue weighted by Crippen LogP contribution is -2.34. The summed E-state index contributed by atoms with van der Waals surface area (Å²) in [4.78, 5) is 16.2. The van der Waals surface area contributed by atoms with Crippen LogP contribution >= 0.6 is 24.8 Å². The van der Waals surface area contributed by atoms with Gasteiger partial charge in [0.05, 0.1) is 23.5 Å². The van der Waals surface area contributed by atoms with Gasteiger partial charge in [-0.3, -0.25) is 4.79 Å². The Morgan fingerprint density at radius 1 is 1.35 bits per heavy atom. The fourth-order valence-corrected chi connectivity index (χ4v) is 2.67. The second-order valence-electron chi connectivity index (χ2n) is 5.47. The van der Waals surface area contributed by atoms with Gasteiger partial charge in [-0.25, -0.2) is 4.98 Å². The molecule has 1 aromatic carbocycles. The van der Waals surface area contributed by atoms with Crippen molar-refractivity contribution in [1.29, 1.82) is 0 Å². The largest absolute Gasteiger partial charge is 0.391 e. The number of aromatic nitrogens is 2. The van der Waals surface area contributed by atoms with E-state index in [9.17, 15) is 9.90 Å². The van der Waals surface area contributed by atoms with E-state index in [1.165, 1.54) is 0 Å². The fourth-order valence-electron chi connectivity index (χ4n) is 2.67. The number of nitrogens with zero attached hydrogens (tertiary/aromatic N) is 2. The number of hydrogen-bond donors (Lipinski definition) is 3. The molecule has 2 heterocycles. The van der Waals surface area contributed by atoms with E-state index in [0.29, 0.717) is 26.1 Å². The Morgan fingerprint density at radius 3 is 2.87 bits per heavy atom. The van der Waals surface area contributed by atoms with E-state index < -0.39 is 0 Å². The summed E-state index contributed by atoms with van der Waals surface area (Å²) in [7, 11) is 0. The molecule has 0 bridgehead atoms. The first-order valence-corrected chi connectivity index (χ1v) is 7.29. The van der Waals surface area contributed by atoms with E-state index in [4.69, 9.17) is 0 Å². The van der Waals surface area contributed by atoms with Crippen molar-refractivity contribution in [2.75, 3.05) is 19.6 Å². The molecule has 2 unspecified atom stereocenters. The van der Waals surface area contributed by atoms with Crippen LogP contribution in [0.5, 0.6) is 0 Å². The fraction of sp³-hybridized carbons (Fsp3) is 0.467. The Bertz CT molecular complexity index is 635. The number of β-amino-alcohol motifs (C(OH)–C–C–N with tert-alkyl or cyclic N) is 1. The van der Waals surface area contributed by atoms with Gasteiger partial charge in [0.15, 0.2) is 0 Å². The van der Waals surface area contributed by atoms with E-state index in [-0.39, 0.29) is 42.7 Å². The molecule has 6 nitrogen and oxygen atoms in total. The molecule has 0 saturated carbocycles. The average Bonchev–Trinajstić information content (AvgIpc) is 3.09. The third-order valence-electron chi connectivity index (χ3n) is 3.97. The van der Waals surface area contributed by atoms with Gasteiger partial charge in [0.2, 0.25) is 5.91 Å². The lowest BCUT2D eigenvalue weighted by atomic mass is 10.1. The molecule has 23 heavy (non-hydrogen) atoms.